The lowest BCUT2D eigenvalue weighted by molar-refractivity contribution is -0.181. The Bertz CT molecular complexity index is 418. The van der Waals surface area contributed by atoms with Gasteiger partial charge >= 0.3 is 0 Å². The van der Waals surface area contributed by atoms with Gasteiger partial charge in [-0.1, -0.05) is 19.1 Å². The van der Waals surface area contributed by atoms with Gasteiger partial charge in [0.15, 0.2) is 0 Å². The summed E-state index contributed by atoms with van der Waals surface area (Å²) in [4.78, 5) is 14.5. The zero-order valence-electron chi connectivity index (χ0n) is 13.0. The van der Waals surface area contributed by atoms with E-state index in [2.05, 4.69) is 12.2 Å². The number of aliphatic hydroxyl groups is 1. The summed E-state index contributed by atoms with van der Waals surface area (Å²) in [5.41, 5.74) is -0.770. The van der Waals surface area contributed by atoms with Gasteiger partial charge in [0.1, 0.15) is 0 Å². The Morgan fingerprint density at radius 3 is 2.57 bits per heavy atom. The van der Waals surface area contributed by atoms with Gasteiger partial charge in [0.05, 0.1) is 17.8 Å². The Balaban J connectivity index is 1.58. The third-order valence-corrected chi connectivity index (χ3v) is 5.63. The fourth-order valence-corrected chi connectivity index (χ4v) is 4.03. The average Bonchev–Trinajstić information content (AvgIpc) is 3.01. The van der Waals surface area contributed by atoms with Crippen molar-refractivity contribution in [1.29, 1.82) is 0 Å². The monoisotopic (exact) mass is 293 g/mol. The molecule has 1 N–H and O–H groups in total. The summed E-state index contributed by atoms with van der Waals surface area (Å²) in [6, 6.07) is 0. The molecule has 3 aliphatic rings. The molecule has 1 spiro atoms. The maximum Gasteiger partial charge on any atom is 0.226 e. The Hall–Kier alpha value is -0.870. The Morgan fingerprint density at radius 2 is 1.95 bits per heavy atom. The first kappa shape index (κ1) is 15.0. The number of hydrogen-bond acceptors (Lipinski definition) is 3. The lowest BCUT2D eigenvalue weighted by Crippen LogP contribution is -2.55. The van der Waals surface area contributed by atoms with Crippen LogP contribution in [-0.2, 0) is 9.53 Å². The van der Waals surface area contributed by atoms with Crippen molar-refractivity contribution < 1.29 is 14.6 Å². The van der Waals surface area contributed by atoms with Gasteiger partial charge in [-0.05, 0) is 38.5 Å². The van der Waals surface area contributed by atoms with Crippen LogP contribution in [0.4, 0.5) is 0 Å². The van der Waals surface area contributed by atoms with Gasteiger partial charge in [0, 0.05) is 25.4 Å². The van der Waals surface area contributed by atoms with E-state index in [9.17, 15) is 9.90 Å². The molecule has 2 heterocycles. The van der Waals surface area contributed by atoms with E-state index in [0.717, 1.165) is 58.0 Å². The van der Waals surface area contributed by atoms with Gasteiger partial charge in [-0.3, -0.25) is 4.79 Å². The van der Waals surface area contributed by atoms with Crippen molar-refractivity contribution in [3.8, 4) is 0 Å². The molecule has 0 aromatic carbocycles. The van der Waals surface area contributed by atoms with Crippen LogP contribution in [0.15, 0.2) is 12.2 Å². The number of ether oxygens (including phenoxy) is 1. The van der Waals surface area contributed by atoms with Gasteiger partial charge in [-0.2, -0.15) is 0 Å². The fourth-order valence-electron chi connectivity index (χ4n) is 4.03. The second-order valence-electron chi connectivity index (χ2n) is 7.00. The normalized spacial score (nSPS) is 32.8. The van der Waals surface area contributed by atoms with Crippen LogP contribution in [-0.4, -0.2) is 46.8 Å². The first-order valence-electron chi connectivity index (χ1n) is 8.36. The smallest absolute Gasteiger partial charge is 0.226 e. The average molecular weight is 293 g/mol. The molecule has 1 aliphatic carbocycles. The third kappa shape index (κ3) is 3.02. The molecule has 1 amide bonds. The van der Waals surface area contributed by atoms with Crippen LogP contribution in [0.1, 0.15) is 51.9 Å². The largest absolute Gasteiger partial charge is 0.390 e. The molecule has 21 heavy (non-hydrogen) atoms. The van der Waals surface area contributed by atoms with Crippen LogP contribution in [0.2, 0.25) is 0 Å². The second kappa shape index (κ2) is 5.73. The molecule has 3 rings (SSSR count). The Kier molecular flexibility index (Phi) is 4.10. The number of rotatable bonds is 2. The molecule has 1 atom stereocenters. The lowest BCUT2D eigenvalue weighted by atomic mass is 9.76. The quantitative estimate of drug-likeness (QED) is 0.795. The van der Waals surface area contributed by atoms with Crippen molar-refractivity contribution in [2.45, 2.75) is 63.1 Å². The highest BCUT2D eigenvalue weighted by molar-refractivity contribution is 5.79. The van der Waals surface area contributed by atoms with E-state index in [1.54, 1.807) is 0 Å². The number of carbonyl (C=O) groups excluding carboxylic acids is 1. The van der Waals surface area contributed by atoms with Crippen molar-refractivity contribution in [1.82, 2.24) is 4.90 Å². The molecule has 0 aromatic heterocycles. The highest BCUT2D eigenvalue weighted by Gasteiger charge is 2.46. The zero-order valence-corrected chi connectivity index (χ0v) is 13.0. The highest BCUT2D eigenvalue weighted by Crippen LogP contribution is 2.41. The standard InChI is InChI=1S/C17H27NO3/c1-2-16(20)9-12-21-17(13-16)7-10-18(11-8-17)15(19)14-5-3-4-6-14/h3-4,14,20H,2,5-13H2,1H3. The molecule has 0 radical (unpaired) electrons. The van der Waals surface area contributed by atoms with E-state index in [4.69, 9.17) is 4.74 Å². The minimum atomic E-state index is -0.570. The van der Waals surface area contributed by atoms with E-state index in [-0.39, 0.29) is 11.5 Å². The number of amides is 1. The van der Waals surface area contributed by atoms with Crippen LogP contribution in [0.3, 0.4) is 0 Å². The fraction of sp³-hybridized carbons (Fsp3) is 0.824. The summed E-state index contributed by atoms with van der Waals surface area (Å²) in [5, 5.41) is 10.6. The predicted octanol–water partition coefficient (Wildman–Crippen LogP) is 2.27. The molecule has 118 valence electrons. The first-order valence-corrected chi connectivity index (χ1v) is 8.36. The van der Waals surface area contributed by atoms with Gasteiger partial charge in [-0.25, -0.2) is 0 Å². The molecule has 2 fully saturated rings. The van der Waals surface area contributed by atoms with Crippen molar-refractivity contribution in [3.63, 3.8) is 0 Å². The summed E-state index contributed by atoms with van der Waals surface area (Å²) < 4.78 is 6.05. The zero-order chi connectivity index (χ0) is 14.9. The molecule has 0 saturated carbocycles. The van der Waals surface area contributed by atoms with Gasteiger partial charge in [0.2, 0.25) is 5.91 Å². The van der Waals surface area contributed by atoms with Crippen LogP contribution in [0, 0.1) is 5.92 Å². The number of allylic oxidation sites excluding steroid dienone is 2. The number of carbonyl (C=O) groups is 1. The van der Waals surface area contributed by atoms with Crippen LogP contribution in [0.5, 0.6) is 0 Å². The van der Waals surface area contributed by atoms with Gasteiger partial charge in [0.25, 0.3) is 0 Å². The molecular formula is C17H27NO3. The van der Waals surface area contributed by atoms with Crippen LogP contribution in [0.25, 0.3) is 0 Å². The van der Waals surface area contributed by atoms with E-state index in [1.165, 1.54) is 0 Å². The van der Waals surface area contributed by atoms with E-state index >= 15 is 0 Å². The maximum atomic E-state index is 12.5. The maximum absolute atomic E-state index is 12.5. The van der Waals surface area contributed by atoms with Crippen molar-refractivity contribution in [3.05, 3.63) is 12.2 Å². The van der Waals surface area contributed by atoms with E-state index in [0.29, 0.717) is 12.5 Å². The second-order valence-corrected chi connectivity index (χ2v) is 7.00. The first-order chi connectivity index (χ1) is 10.1. The minimum Gasteiger partial charge on any atom is -0.390 e. The highest BCUT2D eigenvalue weighted by atomic mass is 16.5. The van der Waals surface area contributed by atoms with Gasteiger partial charge < -0.3 is 14.7 Å². The predicted molar refractivity (Wildman–Crippen MR) is 80.8 cm³/mol. The summed E-state index contributed by atoms with van der Waals surface area (Å²) in [7, 11) is 0. The molecule has 1 unspecified atom stereocenters. The molecule has 2 saturated heterocycles. The van der Waals surface area contributed by atoms with Crippen molar-refractivity contribution >= 4 is 5.91 Å². The summed E-state index contributed by atoms with van der Waals surface area (Å²) in [5.74, 6) is 0.468. The molecule has 4 nitrogen and oxygen atoms in total. The molecule has 0 aromatic rings. The molecule has 0 bridgehead atoms. The SMILES string of the molecule is CCC1(O)CCOC2(CCN(C(=O)C3CC=CC3)CC2)C1. The third-order valence-electron chi connectivity index (χ3n) is 5.63. The van der Waals surface area contributed by atoms with Crippen molar-refractivity contribution in [2.24, 2.45) is 5.92 Å². The summed E-state index contributed by atoms with van der Waals surface area (Å²) in [6.07, 6.45) is 9.99. The van der Waals surface area contributed by atoms with Crippen molar-refractivity contribution in [2.75, 3.05) is 19.7 Å². The van der Waals surface area contributed by atoms with Crippen LogP contribution < -0.4 is 0 Å². The number of likely N-dealkylation sites (tertiary alicyclic amines) is 1. The molecule has 4 heteroatoms. The number of hydrogen-bond donors (Lipinski definition) is 1. The van der Waals surface area contributed by atoms with Gasteiger partial charge in [-0.15, -0.1) is 0 Å². The Labute approximate surface area is 127 Å². The minimum absolute atomic E-state index is 0.166. The number of nitrogens with zero attached hydrogens (tertiary/aromatic N) is 1. The van der Waals surface area contributed by atoms with E-state index < -0.39 is 5.60 Å². The number of piperidine rings is 1. The lowest BCUT2D eigenvalue weighted by Gasteiger charge is -2.49. The topological polar surface area (TPSA) is 49.8 Å². The summed E-state index contributed by atoms with van der Waals surface area (Å²) in [6.45, 7) is 4.24. The molecular weight excluding hydrogens is 266 g/mol. The van der Waals surface area contributed by atoms with E-state index in [1.807, 2.05) is 11.8 Å². The summed E-state index contributed by atoms with van der Waals surface area (Å²) >= 11 is 0. The molecule has 2 aliphatic heterocycles. The van der Waals surface area contributed by atoms with Crippen LogP contribution >= 0.6 is 0 Å². The Morgan fingerprint density at radius 1 is 1.29 bits per heavy atom.